The van der Waals surface area contributed by atoms with Crippen LogP contribution in [0.3, 0.4) is 0 Å². The lowest BCUT2D eigenvalue weighted by Crippen LogP contribution is -1.89. The lowest BCUT2D eigenvalue weighted by Gasteiger charge is -2.06. The van der Waals surface area contributed by atoms with E-state index in [4.69, 9.17) is 0 Å². The van der Waals surface area contributed by atoms with Gasteiger partial charge in [0.25, 0.3) is 0 Å². The Morgan fingerprint density at radius 1 is 1.23 bits per heavy atom. The van der Waals surface area contributed by atoms with E-state index in [0.717, 1.165) is 0 Å². The van der Waals surface area contributed by atoms with Gasteiger partial charge in [0.05, 0.1) is 0 Å². The molecule has 0 N–H and O–H groups in total. The molecule has 0 spiro atoms. The van der Waals surface area contributed by atoms with Gasteiger partial charge in [-0.25, -0.2) is 0 Å². The van der Waals surface area contributed by atoms with Gasteiger partial charge in [0.2, 0.25) is 0 Å². The molecule has 0 saturated carbocycles. The van der Waals surface area contributed by atoms with Gasteiger partial charge in [-0.15, -0.1) is 0 Å². The number of rotatable bonds is 2. The Kier molecular flexibility index (Phi) is 3.30. The van der Waals surface area contributed by atoms with Gasteiger partial charge in [0, 0.05) is 0 Å². The van der Waals surface area contributed by atoms with Crippen LogP contribution in [0.1, 0.15) is 31.9 Å². The molecule has 0 aliphatic rings. The van der Waals surface area contributed by atoms with Crippen LogP contribution in [0.25, 0.3) is 6.08 Å². The second-order valence-corrected chi connectivity index (χ2v) is 3.90. The minimum Gasteiger partial charge on any atom is -0.0702 e. The Labute approximate surface area is 81.3 Å². The van der Waals surface area contributed by atoms with E-state index in [1.165, 1.54) is 16.7 Å². The fraction of sp³-hybridized carbons (Fsp3) is 0.385. The summed E-state index contributed by atoms with van der Waals surface area (Å²) in [7, 11) is 0. The van der Waals surface area contributed by atoms with Crippen molar-refractivity contribution in [3.63, 3.8) is 0 Å². The van der Waals surface area contributed by atoms with E-state index < -0.39 is 0 Å². The normalized spacial score (nSPS) is 12.2. The Bertz CT molecular complexity index is 306. The van der Waals surface area contributed by atoms with Gasteiger partial charge in [0.15, 0.2) is 0 Å². The summed E-state index contributed by atoms with van der Waals surface area (Å²) in [5.41, 5.74) is 4.13. The second kappa shape index (κ2) is 4.27. The molecule has 0 saturated heterocycles. The molecule has 0 amide bonds. The topological polar surface area (TPSA) is 0 Å². The number of allylic oxidation sites excluding steroid dienone is 1. The van der Waals surface area contributed by atoms with Crippen molar-refractivity contribution in [3.05, 3.63) is 41.0 Å². The quantitative estimate of drug-likeness (QED) is 0.634. The van der Waals surface area contributed by atoms with Crippen molar-refractivity contribution in [1.29, 1.82) is 0 Å². The fourth-order valence-corrected chi connectivity index (χ4v) is 1.16. The Morgan fingerprint density at radius 2 is 1.85 bits per heavy atom. The SMILES string of the molecule is C/C(=C/c1ccccc1C)C(C)C. The Balaban J connectivity index is 2.97. The van der Waals surface area contributed by atoms with E-state index in [0.29, 0.717) is 5.92 Å². The van der Waals surface area contributed by atoms with Crippen molar-refractivity contribution < 1.29 is 0 Å². The maximum Gasteiger partial charge on any atom is -0.0228 e. The van der Waals surface area contributed by atoms with Crippen molar-refractivity contribution in [1.82, 2.24) is 0 Å². The number of benzene rings is 1. The number of hydrogen-bond donors (Lipinski definition) is 0. The van der Waals surface area contributed by atoms with Crippen molar-refractivity contribution in [2.24, 2.45) is 5.92 Å². The average molecular weight is 174 g/mol. The van der Waals surface area contributed by atoms with Crippen LogP contribution in [-0.4, -0.2) is 0 Å². The summed E-state index contributed by atoms with van der Waals surface area (Å²) in [6.07, 6.45) is 2.28. The summed E-state index contributed by atoms with van der Waals surface area (Å²) in [4.78, 5) is 0. The summed E-state index contributed by atoms with van der Waals surface area (Å²) in [5, 5.41) is 0. The summed E-state index contributed by atoms with van der Waals surface area (Å²) in [6, 6.07) is 8.49. The van der Waals surface area contributed by atoms with E-state index in [1.54, 1.807) is 0 Å². The van der Waals surface area contributed by atoms with E-state index in [2.05, 4.69) is 58.0 Å². The van der Waals surface area contributed by atoms with Crippen molar-refractivity contribution in [3.8, 4) is 0 Å². The lowest BCUT2D eigenvalue weighted by atomic mass is 10.00. The molecule has 1 rings (SSSR count). The molecule has 70 valence electrons. The van der Waals surface area contributed by atoms with Crippen molar-refractivity contribution in [2.75, 3.05) is 0 Å². The minimum atomic E-state index is 0.639. The molecule has 0 heteroatoms. The first-order chi connectivity index (χ1) is 6.11. The molecule has 0 atom stereocenters. The molecule has 0 unspecified atom stereocenters. The van der Waals surface area contributed by atoms with Crippen LogP contribution in [0.5, 0.6) is 0 Å². The maximum absolute atomic E-state index is 2.28. The first-order valence-electron chi connectivity index (χ1n) is 4.85. The zero-order valence-electron chi connectivity index (χ0n) is 8.96. The minimum absolute atomic E-state index is 0.639. The Morgan fingerprint density at radius 3 is 2.38 bits per heavy atom. The summed E-state index contributed by atoms with van der Waals surface area (Å²) in [6.45, 7) is 8.80. The van der Waals surface area contributed by atoms with Gasteiger partial charge in [-0.2, -0.15) is 0 Å². The predicted octanol–water partition coefficient (Wildman–Crippen LogP) is 4.05. The third kappa shape index (κ3) is 2.73. The molecule has 0 fully saturated rings. The predicted molar refractivity (Wildman–Crippen MR) is 59.7 cm³/mol. The molecule has 0 aliphatic carbocycles. The number of aryl methyl sites for hydroxylation is 1. The number of hydrogen-bond acceptors (Lipinski definition) is 0. The third-order valence-corrected chi connectivity index (χ3v) is 2.48. The van der Waals surface area contributed by atoms with Gasteiger partial charge in [-0.3, -0.25) is 0 Å². The van der Waals surface area contributed by atoms with Crippen LogP contribution < -0.4 is 0 Å². The smallest absolute Gasteiger partial charge is 0.0228 e. The van der Waals surface area contributed by atoms with Gasteiger partial charge in [0.1, 0.15) is 0 Å². The van der Waals surface area contributed by atoms with Crippen LogP contribution in [0, 0.1) is 12.8 Å². The Hall–Kier alpha value is -1.04. The first-order valence-corrected chi connectivity index (χ1v) is 4.85. The highest BCUT2D eigenvalue weighted by Crippen LogP contribution is 2.16. The highest BCUT2D eigenvalue weighted by molar-refractivity contribution is 5.56. The summed E-state index contributed by atoms with van der Waals surface area (Å²) in [5.74, 6) is 0.639. The molecular weight excluding hydrogens is 156 g/mol. The zero-order chi connectivity index (χ0) is 9.84. The first kappa shape index (κ1) is 10.0. The van der Waals surface area contributed by atoms with Gasteiger partial charge >= 0.3 is 0 Å². The summed E-state index contributed by atoms with van der Waals surface area (Å²) < 4.78 is 0. The van der Waals surface area contributed by atoms with E-state index in [-0.39, 0.29) is 0 Å². The average Bonchev–Trinajstić information content (AvgIpc) is 2.08. The van der Waals surface area contributed by atoms with Crippen molar-refractivity contribution >= 4 is 6.08 Å². The molecule has 0 heterocycles. The molecule has 0 bridgehead atoms. The monoisotopic (exact) mass is 174 g/mol. The standard InChI is InChI=1S/C13H18/c1-10(2)12(4)9-13-8-6-5-7-11(13)3/h5-10H,1-4H3/b12-9-. The summed E-state index contributed by atoms with van der Waals surface area (Å²) >= 11 is 0. The largest absolute Gasteiger partial charge is 0.0702 e. The van der Waals surface area contributed by atoms with Gasteiger partial charge < -0.3 is 0 Å². The van der Waals surface area contributed by atoms with Crippen molar-refractivity contribution in [2.45, 2.75) is 27.7 Å². The molecule has 1 aromatic rings. The molecule has 0 nitrogen and oxygen atoms in total. The molecular formula is C13H18. The fourth-order valence-electron chi connectivity index (χ4n) is 1.16. The van der Waals surface area contributed by atoms with Crippen LogP contribution in [0.4, 0.5) is 0 Å². The molecule has 0 radical (unpaired) electrons. The van der Waals surface area contributed by atoms with Crippen LogP contribution >= 0.6 is 0 Å². The van der Waals surface area contributed by atoms with E-state index in [1.807, 2.05) is 0 Å². The molecule has 13 heavy (non-hydrogen) atoms. The highest BCUT2D eigenvalue weighted by atomic mass is 14.0. The molecule has 0 aromatic heterocycles. The van der Waals surface area contributed by atoms with Crippen LogP contribution in [0.2, 0.25) is 0 Å². The lowest BCUT2D eigenvalue weighted by molar-refractivity contribution is 0.776. The molecule has 1 aromatic carbocycles. The highest BCUT2D eigenvalue weighted by Gasteiger charge is 1.97. The maximum atomic E-state index is 2.28. The third-order valence-electron chi connectivity index (χ3n) is 2.48. The van der Waals surface area contributed by atoms with E-state index in [9.17, 15) is 0 Å². The van der Waals surface area contributed by atoms with Crippen LogP contribution in [-0.2, 0) is 0 Å². The van der Waals surface area contributed by atoms with Gasteiger partial charge in [-0.1, -0.05) is 49.8 Å². The van der Waals surface area contributed by atoms with Crippen LogP contribution in [0.15, 0.2) is 29.8 Å². The van der Waals surface area contributed by atoms with E-state index >= 15 is 0 Å². The zero-order valence-corrected chi connectivity index (χ0v) is 8.96. The second-order valence-electron chi connectivity index (χ2n) is 3.90. The van der Waals surface area contributed by atoms with Gasteiger partial charge in [-0.05, 0) is 30.9 Å². The molecule has 0 aliphatic heterocycles.